The molecule has 0 bridgehead atoms. The van der Waals surface area contributed by atoms with Crippen LogP contribution >= 0.6 is 11.6 Å². The fraction of sp³-hybridized carbons (Fsp3) is 0.500. The first-order valence-corrected chi connectivity index (χ1v) is 9.30. The third-order valence-corrected chi connectivity index (χ3v) is 3.90. The van der Waals surface area contributed by atoms with Crippen LogP contribution in [0.15, 0.2) is 18.2 Å². The van der Waals surface area contributed by atoms with Crippen LogP contribution in [0.4, 0.5) is 5.69 Å². The summed E-state index contributed by atoms with van der Waals surface area (Å²) in [6.45, 7) is 0.768. The van der Waals surface area contributed by atoms with Gasteiger partial charge >= 0.3 is 0 Å². The summed E-state index contributed by atoms with van der Waals surface area (Å²) in [5.41, 5.74) is 0.440. The van der Waals surface area contributed by atoms with E-state index in [2.05, 4.69) is 10.6 Å². The van der Waals surface area contributed by atoms with E-state index < -0.39 is 9.84 Å². The number of carbonyl (C=O) groups excluding carboxylic acids is 1. The highest BCUT2D eigenvalue weighted by molar-refractivity contribution is 7.90. The first-order chi connectivity index (χ1) is 10.3. The number of sulfone groups is 1. The number of ether oxygens (including phenoxy) is 1. The summed E-state index contributed by atoms with van der Waals surface area (Å²) in [5, 5.41) is 6.16. The zero-order chi connectivity index (χ0) is 16.6. The zero-order valence-electron chi connectivity index (χ0n) is 12.7. The Labute approximate surface area is 136 Å². The van der Waals surface area contributed by atoms with Crippen molar-refractivity contribution in [2.24, 2.45) is 0 Å². The average Bonchev–Trinajstić information content (AvgIpc) is 2.40. The van der Waals surface area contributed by atoms with Crippen LogP contribution in [-0.2, 0) is 14.6 Å². The number of nitrogens with one attached hydrogen (secondary N) is 2. The summed E-state index contributed by atoms with van der Waals surface area (Å²) in [6, 6.07) is 4.80. The van der Waals surface area contributed by atoms with Crippen molar-refractivity contribution in [2.45, 2.75) is 12.8 Å². The Morgan fingerprint density at radius 2 is 2.09 bits per heavy atom. The summed E-state index contributed by atoms with van der Waals surface area (Å²) >= 11 is 5.92. The Hall–Kier alpha value is -1.31. The molecule has 1 rings (SSSR count). The van der Waals surface area contributed by atoms with Crippen molar-refractivity contribution in [2.75, 3.05) is 37.5 Å². The molecular weight excluding hydrogens is 328 g/mol. The number of anilines is 1. The highest BCUT2D eigenvalue weighted by Crippen LogP contribution is 2.28. The normalized spacial score (nSPS) is 11.2. The first-order valence-electron chi connectivity index (χ1n) is 6.86. The van der Waals surface area contributed by atoms with E-state index >= 15 is 0 Å². The number of halogens is 1. The van der Waals surface area contributed by atoms with Crippen molar-refractivity contribution in [1.29, 1.82) is 0 Å². The van der Waals surface area contributed by atoms with Gasteiger partial charge in [-0.1, -0.05) is 11.6 Å². The van der Waals surface area contributed by atoms with Crippen LogP contribution in [0.25, 0.3) is 0 Å². The quantitative estimate of drug-likeness (QED) is 0.663. The van der Waals surface area contributed by atoms with Gasteiger partial charge in [-0.05, 0) is 38.2 Å². The largest absolute Gasteiger partial charge is 0.490 e. The van der Waals surface area contributed by atoms with E-state index in [1.807, 2.05) is 7.05 Å². The van der Waals surface area contributed by atoms with Crippen LogP contribution in [0.1, 0.15) is 12.8 Å². The Balaban J connectivity index is 2.67. The average molecular weight is 349 g/mol. The Kier molecular flexibility index (Phi) is 7.64. The molecule has 0 aliphatic heterocycles. The monoisotopic (exact) mass is 348 g/mol. The van der Waals surface area contributed by atoms with Gasteiger partial charge in [0.1, 0.15) is 12.4 Å². The van der Waals surface area contributed by atoms with Crippen LogP contribution in [-0.4, -0.2) is 46.5 Å². The van der Waals surface area contributed by atoms with Gasteiger partial charge < -0.3 is 15.4 Å². The lowest BCUT2D eigenvalue weighted by atomic mass is 10.2. The summed E-state index contributed by atoms with van der Waals surface area (Å²) in [7, 11) is -1.28. The van der Waals surface area contributed by atoms with E-state index in [9.17, 15) is 13.2 Å². The van der Waals surface area contributed by atoms with Gasteiger partial charge in [0.2, 0.25) is 5.91 Å². The van der Waals surface area contributed by atoms with Gasteiger partial charge in [-0.25, -0.2) is 8.42 Å². The van der Waals surface area contributed by atoms with Gasteiger partial charge in [-0.3, -0.25) is 4.79 Å². The molecule has 0 fully saturated rings. The molecule has 0 aromatic heterocycles. The van der Waals surface area contributed by atoms with Crippen LogP contribution in [0.3, 0.4) is 0 Å². The van der Waals surface area contributed by atoms with E-state index in [0.29, 0.717) is 29.3 Å². The van der Waals surface area contributed by atoms with Crippen molar-refractivity contribution in [1.82, 2.24) is 5.32 Å². The molecule has 0 saturated heterocycles. The Morgan fingerprint density at radius 3 is 2.73 bits per heavy atom. The number of benzene rings is 1. The number of carbonyl (C=O) groups is 1. The number of rotatable bonds is 9. The fourth-order valence-corrected chi connectivity index (χ4v) is 2.23. The van der Waals surface area contributed by atoms with Gasteiger partial charge in [-0.2, -0.15) is 0 Å². The van der Waals surface area contributed by atoms with Crippen molar-refractivity contribution in [3.8, 4) is 5.75 Å². The van der Waals surface area contributed by atoms with E-state index in [1.54, 1.807) is 18.2 Å². The molecule has 0 radical (unpaired) electrons. The molecule has 0 spiro atoms. The molecule has 0 saturated carbocycles. The second-order valence-corrected chi connectivity index (χ2v) is 7.57. The molecule has 6 nitrogen and oxygen atoms in total. The van der Waals surface area contributed by atoms with Crippen LogP contribution in [0.5, 0.6) is 5.75 Å². The van der Waals surface area contributed by atoms with Crippen molar-refractivity contribution in [3.05, 3.63) is 23.2 Å². The number of hydrogen-bond acceptors (Lipinski definition) is 5. The minimum Gasteiger partial charge on any atom is -0.490 e. The molecule has 0 atom stereocenters. The molecule has 124 valence electrons. The van der Waals surface area contributed by atoms with Crippen molar-refractivity contribution in [3.63, 3.8) is 0 Å². The number of hydrogen-bond donors (Lipinski definition) is 2. The highest BCUT2D eigenvalue weighted by Gasteiger charge is 2.10. The highest BCUT2D eigenvalue weighted by atomic mass is 35.5. The maximum absolute atomic E-state index is 11.9. The third-order valence-electron chi connectivity index (χ3n) is 2.76. The Bertz CT molecular complexity index is 605. The maximum Gasteiger partial charge on any atom is 0.224 e. The third kappa shape index (κ3) is 7.63. The summed E-state index contributed by atoms with van der Waals surface area (Å²) in [4.78, 5) is 11.9. The van der Waals surface area contributed by atoms with Gasteiger partial charge in [-0.15, -0.1) is 0 Å². The van der Waals surface area contributed by atoms with Crippen LogP contribution in [0.2, 0.25) is 5.02 Å². The SMILES string of the molecule is CNCCCC(=O)Nc1cc(Cl)ccc1OCCS(C)(=O)=O. The van der Waals surface area contributed by atoms with Gasteiger partial charge in [0.25, 0.3) is 0 Å². The van der Waals surface area contributed by atoms with E-state index in [0.717, 1.165) is 12.8 Å². The van der Waals surface area contributed by atoms with E-state index in [4.69, 9.17) is 16.3 Å². The van der Waals surface area contributed by atoms with E-state index in [-0.39, 0.29) is 18.3 Å². The lowest BCUT2D eigenvalue weighted by molar-refractivity contribution is -0.116. The van der Waals surface area contributed by atoms with Gasteiger partial charge in [0.05, 0.1) is 11.4 Å². The van der Waals surface area contributed by atoms with E-state index in [1.165, 1.54) is 0 Å². The molecule has 1 amide bonds. The summed E-state index contributed by atoms with van der Waals surface area (Å²) < 4.78 is 27.6. The molecule has 0 aliphatic rings. The van der Waals surface area contributed by atoms with Crippen molar-refractivity contribution >= 4 is 33.0 Å². The first kappa shape index (κ1) is 18.7. The molecule has 22 heavy (non-hydrogen) atoms. The molecule has 2 N–H and O–H groups in total. The topological polar surface area (TPSA) is 84.5 Å². The molecular formula is C14H21ClN2O4S. The standard InChI is InChI=1S/C14H21ClN2O4S/c1-16-7-3-4-14(18)17-12-10-11(15)5-6-13(12)21-8-9-22(2,19)20/h5-6,10,16H,3-4,7-9H2,1-2H3,(H,17,18). The lowest BCUT2D eigenvalue weighted by Gasteiger charge is -2.13. The molecule has 0 aliphatic carbocycles. The molecule has 0 heterocycles. The predicted octanol–water partition coefficient (Wildman–Crippen LogP) is 1.70. The van der Waals surface area contributed by atoms with Gasteiger partial charge in [0.15, 0.2) is 9.84 Å². The Morgan fingerprint density at radius 1 is 1.36 bits per heavy atom. The molecule has 1 aromatic carbocycles. The second kappa shape index (κ2) is 8.97. The minimum absolute atomic E-state index is 0.0170. The smallest absolute Gasteiger partial charge is 0.224 e. The van der Waals surface area contributed by atoms with Crippen LogP contribution < -0.4 is 15.4 Å². The minimum atomic E-state index is -3.10. The predicted molar refractivity (Wildman–Crippen MR) is 88.4 cm³/mol. The fourth-order valence-electron chi connectivity index (χ4n) is 1.67. The molecule has 0 unspecified atom stereocenters. The molecule has 8 heteroatoms. The summed E-state index contributed by atoms with van der Waals surface area (Å²) in [6.07, 6.45) is 2.23. The number of amides is 1. The zero-order valence-corrected chi connectivity index (χ0v) is 14.3. The van der Waals surface area contributed by atoms with Crippen molar-refractivity contribution < 1.29 is 17.9 Å². The molecule has 1 aromatic rings. The maximum atomic E-state index is 11.9. The lowest BCUT2D eigenvalue weighted by Crippen LogP contribution is -2.17. The summed E-state index contributed by atoms with van der Waals surface area (Å²) in [5.74, 6) is 0.158. The van der Waals surface area contributed by atoms with Crippen LogP contribution in [0, 0.1) is 0 Å². The van der Waals surface area contributed by atoms with Gasteiger partial charge in [0, 0.05) is 17.7 Å². The second-order valence-electron chi connectivity index (χ2n) is 4.87.